The summed E-state index contributed by atoms with van der Waals surface area (Å²) >= 11 is 1.95. The van der Waals surface area contributed by atoms with Gasteiger partial charge in [-0.15, -0.1) is 0 Å². The average molecular weight is 220 g/mol. The third kappa shape index (κ3) is 2.07. The van der Waals surface area contributed by atoms with Gasteiger partial charge < -0.3 is 4.74 Å². The maximum Gasteiger partial charge on any atom is 0.231 e. The molecule has 78 valence electrons. The van der Waals surface area contributed by atoms with Gasteiger partial charge in [0.25, 0.3) is 0 Å². The van der Waals surface area contributed by atoms with Crippen LogP contribution in [0.4, 0.5) is 0 Å². The van der Waals surface area contributed by atoms with Crippen molar-refractivity contribution in [3.63, 3.8) is 0 Å². The molecule has 2 heterocycles. The van der Waals surface area contributed by atoms with Gasteiger partial charge in [0, 0.05) is 17.4 Å². The maximum atomic E-state index is 8.83. The van der Waals surface area contributed by atoms with Crippen LogP contribution in [0.5, 0.6) is 5.88 Å². The van der Waals surface area contributed by atoms with Crippen LogP contribution in [-0.2, 0) is 0 Å². The summed E-state index contributed by atoms with van der Waals surface area (Å²) in [5.74, 6) is 3.31. The van der Waals surface area contributed by atoms with Gasteiger partial charge in [0.15, 0.2) is 0 Å². The van der Waals surface area contributed by atoms with Crippen molar-refractivity contribution in [3.8, 4) is 11.9 Å². The van der Waals surface area contributed by atoms with Gasteiger partial charge >= 0.3 is 0 Å². The highest BCUT2D eigenvalue weighted by atomic mass is 32.2. The lowest BCUT2D eigenvalue weighted by atomic mass is 10.0. The molecule has 0 spiro atoms. The smallest absolute Gasteiger partial charge is 0.231 e. The number of methoxy groups -OCH3 is 1. The SMILES string of the molecule is COc1nc(C2CCSC2)ccc1C#N. The minimum Gasteiger partial charge on any atom is -0.480 e. The van der Waals surface area contributed by atoms with Crippen LogP contribution in [0.1, 0.15) is 23.6 Å². The van der Waals surface area contributed by atoms with Crippen molar-refractivity contribution in [2.75, 3.05) is 18.6 Å². The van der Waals surface area contributed by atoms with E-state index in [-0.39, 0.29) is 0 Å². The topological polar surface area (TPSA) is 45.9 Å². The summed E-state index contributed by atoms with van der Waals surface area (Å²) < 4.78 is 5.10. The molecule has 0 aromatic carbocycles. The summed E-state index contributed by atoms with van der Waals surface area (Å²) in [6.07, 6.45) is 1.17. The van der Waals surface area contributed by atoms with E-state index < -0.39 is 0 Å². The lowest BCUT2D eigenvalue weighted by Gasteiger charge is -2.09. The van der Waals surface area contributed by atoms with Crippen molar-refractivity contribution < 1.29 is 4.74 Å². The Morgan fingerprint density at radius 1 is 1.60 bits per heavy atom. The predicted molar refractivity (Wildman–Crippen MR) is 60.2 cm³/mol. The Morgan fingerprint density at radius 2 is 2.47 bits per heavy atom. The van der Waals surface area contributed by atoms with E-state index in [9.17, 15) is 0 Å². The second-order valence-electron chi connectivity index (χ2n) is 3.47. The van der Waals surface area contributed by atoms with Gasteiger partial charge in [0.2, 0.25) is 5.88 Å². The number of rotatable bonds is 2. The number of aromatic nitrogens is 1. The molecule has 0 N–H and O–H groups in total. The molecule has 1 aliphatic rings. The van der Waals surface area contributed by atoms with Gasteiger partial charge in [-0.1, -0.05) is 0 Å². The van der Waals surface area contributed by atoms with E-state index in [4.69, 9.17) is 10.00 Å². The molecule has 1 aliphatic heterocycles. The maximum absolute atomic E-state index is 8.83. The quantitative estimate of drug-likeness (QED) is 0.766. The van der Waals surface area contributed by atoms with Crippen molar-refractivity contribution in [3.05, 3.63) is 23.4 Å². The highest BCUT2D eigenvalue weighted by Gasteiger charge is 2.20. The van der Waals surface area contributed by atoms with Gasteiger partial charge in [0.1, 0.15) is 11.6 Å². The Bertz CT molecular complexity index is 394. The monoisotopic (exact) mass is 220 g/mol. The first-order valence-corrected chi connectivity index (χ1v) is 6.03. The molecule has 0 aliphatic carbocycles. The Morgan fingerprint density at radius 3 is 3.07 bits per heavy atom. The minimum atomic E-state index is 0.451. The molecule has 0 radical (unpaired) electrons. The molecular weight excluding hydrogens is 208 g/mol. The van der Waals surface area contributed by atoms with Crippen molar-refractivity contribution in [1.29, 1.82) is 5.26 Å². The van der Waals surface area contributed by atoms with Crippen LogP contribution in [0.2, 0.25) is 0 Å². The summed E-state index contributed by atoms with van der Waals surface area (Å²) in [5.41, 5.74) is 1.56. The average Bonchev–Trinajstić information content (AvgIpc) is 2.81. The Hall–Kier alpha value is -1.21. The molecule has 1 saturated heterocycles. The molecular formula is C11H12N2OS. The Labute approximate surface area is 93.5 Å². The van der Waals surface area contributed by atoms with Gasteiger partial charge in [-0.05, 0) is 24.3 Å². The predicted octanol–water partition coefficient (Wildman–Crippen LogP) is 2.18. The van der Waals surface area contributed by atoms with Gasteiger partial charge in [-0.3, -0.25) is 0 Å². The first kappa shape index (κ1) is 10.3. The van der Waals surface area contributed by atoms with E-state index in [1.807, 2.05) is 17.8 Å². The Balaban J connectivity index is 2.30. The zero-order chi connectivity index (χ0) is 10.7. The minimum absolute atomic E-state index is 0.451. The van der Waals surface area contributed by atoms with E-state index in [1.165, 1.54) is 12.2 Å². The van der Waals surface area contributed by atoms with E-state index in [0.29, 0.717) is 17.4 Å². The Kier molecular flexibility index (Phi) is 3.12. The van der Waals surface area contributed by atoms with E-state index in [2.05, 4.69) is 11.1 Å². The van der Waals surface area contributed by atoms with Gasteiger partial charge in [0.05, 0.1) is 7.11 Å². The van der Waals surface area contributed by atoms with Crippen LogP contribution in [0.3, 0.4) is 0 Å². The third-order valence-corrected chi connectivity index (χ3v) is 3.71. The first-order chi connectivity index (χ1) is 7.35. The van der Waals surface area contributed by atoms with Crippen LogP contribution >= 0.6 is 11.8 Å². The number of nitriles is 1. The standard InChI is InChI=1S/C11H12N2OS/c1-14-11-8(6-12)2-3-10(13-11)9-4-5-15-7-9/h2-3,9H,4-5,7H2,1H3. The molecule has 2 rings (SSSR count). The molecule has 1 aromatic heterocycles. The normalized spacial score (nSPS) is 19.9. The molecule has 15 heavy (non-hydrogen) atoms. The highest BCUT2D eigenvalue weighted by Crippen LogP contribution is 2.32. The van der Waals surface area contributed by atoms with Gasteiger partial charge in [-0.2, -0.15) is 17.0 Å². The lowest BCUT2D eigenvalue weighted by Crippen LogP contribution is -2.02. The van der Waals surface area contributed by atoms with Gasteiger partial charge in [-0.25, -0.2) is 4.98 Å². The zero-order valence-electron chi connectivity index (χ0n) is 8.56. The first-order valence-electron chi connectivity index (χ1n) is 4.88. The number of thioether (sulfide) groups is 1. The third-order valence-electron chi connectivity index (χ3n) is 2.54. The lowest BCUT2D eigenvalue weighted by molar-refractivity contribution is 0.394. The molecule has 1 fully saturated rings. The molecule has 1 atom stereocenters. The van der Waals surface area contributed by atoms with Crippen molar-refractivity contribution in [1.82, 2.24) is 4.98 Å². The van der Waals surface area contributed by atoms with E-state index in [0.717, 1.165) is 11.4 Å². The number of hydrogen-bond acceptors (Lipinski definition) is 4. The van der Waals surface area contributed by atoms with Crippen LogP contribution < -0.4 is 4.74 Å². The molecule has 4 heteroatoms. The number of nitrogens with zero attached hydrogens (tertiary/aromatic N) is 2. The molecule has 1 aromatic rings. The van der Waals surface area contributed by atoms with Crippen LogP contribution in [0.15, 0.2) is 12.1 Å². The summed E-state index contributed by atoms with van der Waals surface area (Å²) in [5, 5.41) is 8.83. The summed E-state index contributed by atoms with van der Waals surface area (Å²) in [6, 6.07) is 5.81. The van der Waals surface area contributed by atoms with E-state index >= 15 is 0 Å². The van der Waals surface area contributed by atoms with Crippen molar-refractivity contribution >= 4 is 11.8 Å². The summed E-state index contributed by atoms with van der Waals surface area (Å²) in [7, 11) is 1.55. The fourth-order valence-electron chi connectivity index (χ4n) is 1.69. The molecule has 0 saturated carbocycles. The van der Waals surface area contributed by atoms with Crippen molar-refractivity contribution in [2.45, 2.75) is 12.3 Å². The number of pyridine rings is 1. The fraction of sp³-hybridized carbons (Fsp3) is 0.455. The van der Waals surface area contributed by atoms with Crippen molar-refractivity contribution in [2.24, 2.45) is 0 Å². The second kappa shape index (κ2) is 4.54. The number of ether oxygens (including phenoxy) is 1. The van der Waals surface area contributed by atoms with E-state index in [1.54, 1.807) is 13.2 Å². The van der Waals surface area contributed by atoms with Crippen LogP contribution in [0, 0.1) is 11.3 Å². The second-order valence-corrected chi connectivity index (χ2v) is 4.62. The summed E-state index contributed by atoms with van der Waals surface area (Å²) in [4.78, 5) is 4.39. The summed E-state index contributed by atoms with van der Waals surface area (Å²) in [6.45, 7) is 0. The van der Waals surface area contributed by atoms with Crippen LogP contribution in [-0.4, -0.2) is 23.6 Å². The molecule has 1 unspecified atom stereocenters. The highest BCUT2D eigenvalue weighted by molar-refractivity contribution is 7.99. The zero-order valence-corrected chi connectivity index (χ0v) is 9.38. The number of hydrogen-bond donors (Lipinski definition) is 0. The largest absolute Gasteiger partial charge is 0.480 e. The van der Waals surface area contributed by atoms with Crippen LogP contribution in [0.25, 0.3) is 0 Å². The molecule has 3 nitrogen and oxygen atoms in total. The molecule has 0 amide bonds. The molecule has 0 bridgehead atoms. The fourth-order valence-corrected chi connectivity index (χ4v) is 2.93.